The first-order valence-corrected chi connectivity index (χ1v) is 11.7. The van der Waals surface area contributed by atoms with E-state index < -0.39 is 13.3 Å². The molecular weight excluding hydrogens is 433 g/mol. The van der Waals surface area contributed by atoms with Crippen LogP contribution in [0.25, 0.3) is 12.2 Å². The summed E-state index contributed by atoms with van der Waals surface area (Å²) in [6.07, 6.45) is 7.08. The SMILES string of the molecule is CCN(CC)c1ccc(/C=C/C(=O)/C=C(/C=C/c2ccc(N(CC)CC)cc2)OB(F)F)cc1. The van der Waals surface area contributed by atoms with Crippen LogP contribution in [0, 0.1) is 0 Å². The van der Waals surface area contributed by atoms with Crippen molar-refractivity contribution in [2.45, 2.75) is 27.7 Å². The predicted octanol–water partition coefficient (Wildman–Crippen LogP) is 6.50. The Morgan fingerprint density at radius 2 is 1.18 bits per heavy atom. The largest absolute Gasteiger partial charge is 0.796 e. The molecule has 0 aromatic heterocycles. The van der Waals surface area contributed by atoms with E-state index in [1.165, 1.54) is 12.2 Å². The number of carbonyl (C=O) groups excluding carboxylic acids is 1. The topological polar surface area (TPSA) is 32.8 Å². The molecule has 0 saturated heterocycles. The first-order chi connectivity index (χ1) is 16.4. The summed E-state index contributed by atoms with van der Waals surface area (Å²) in [5, 5.41) is 0. The van der Waals surface area contributed by atoms with Gasteiger partial charge < -0.3 is 14.5 Å². The lowest BCUT2D eigenvalue weighted by Gasteiger charge is -2.20. The predicted molar refractivity (Wildman–Crippen MR) is 140 cm³/mol. The van der Waals surface area contributed by atoms with Crippen molar-refractivity contribution in [1.82, 2.24) is 0 Å². The molecule has 0 unspecified atom stereocenters. The van der Waals surface area contributed by atoms with Crippen LogP contribution in [0.5, 0.6) is 0 Å². The van der Waals surface area contributed by atoms with Crippen molar-refractivity contribution in [2.24, 2.45) is 0 Å². The van der Waals surface area contributed by atoms with Gasteiger partial charge in [-0.2, -0.15) is 0 Å². The van der Waals surface area contributed by atoms with Gasteiger partial charge in [0.05, 0.1) is 0 Å². The van der Waals surface area contributed by atoms with E-state index in [2.05, 4.69) is 42.1 Å². The van der Waals surface area contributed by atoms with Crippen LogP contribution >= 0.6 is 0 Å². The van der Waals surface area contributed by atoms with Crippen LogP contribution in [0.2, 0.25) is 0 Å². The summed E-state index contributed by atoms with van der Waals surface area (Å²) in [4.78, 5) is 16.8. The Morgan fingerprint density at radius 3 is 1.56 bits per heavy atom. The Labute approximate surface area is 202 Å². The average Bonchev–Trinajstić information content (AvgIpc) is 2.84. The van der Waals surface area contributed by atoms with Crippen LogP contribution in [0.15, 0.2) is 72.5 Å². The number of rotatable bonds is 13. The highest BCUT2D eigenvalue weighted by molar-refractivity contribution is 6.35. The minimum absolute atomic E-state index is 0.200. The second-order valence-electron chi connectivity index (χ2n) is 7.52. The molecule has 2 aromatic carbocycles. The highest BCUT2D eigenvalue weighted by Gasteiger charge is 2.18. The molecule has 0 heterocycles. The highest BCUT2D eigenvalue weighted by Crippen LogP contribution is 2.18. The molecule has 180 valence electrons. The Balaban J connectivity index is 2.10. The maximum absolute atomic E-state index is 12.9. The quantitative estimate of drug-likeness (QED) is 0.146. The van der Waals surface area contributed by atoms with Crippen LogP contribution in [-0.2, 0) is 9.45 Å². The molecule has 0 aliphatic rings. The number of anilines is 2. The van der Waals surface area contributed by atoms with Gasteiger partial charge in [-0.05, 0) is 75.2 Å². The fourth-order valence-corrected chi connectivity index (χ4v) is 3.54. The summed E-state index contributed by atoms with van der Waals surface area (Å²) < 4.78 is 30.2. The Bertz CT molecular complexity index is 979. The van der Waals surface area contributed by atoms with Crippen molar-refractivity contribution in [3.8, 4) is 0 Å². The molecule has 0 N–H and O–H groups in total. The third-order valence-electron chi connectivity index (χ3n) is 5.43. The summed E-state index contributed by atoms with van der Waals surface area (Å²) in [6, 6.07) is 15.6. The van der Waals surface area contributed by atoms with Crippen LogP contribution in [0.3, 0.4) is 0 Å². The van der Waals surface area contributed by atoms with Gasteiger partial charge in [0.1, 0.15) is 5.76 Å². The van der Waals surface area contributed by atoms with Crippen molar-refractivity contribution in [1.29, 1.82) is 0 Å². The molecule has 2 rings (SSSR count). The second-order valence-corrected chi connectivity index (χ2v) is 7.52. The molecule has 0 amide bonds. The van der Waals surface area contributed by atoms with Crippen molar-refractivity contribution < 1.29 is 18.1 Å². The molecular formula is C27H33BF2N2O2. The molecule has 4 nitrogen and oxygen atoms in total. The molecule has 0 bridgehead atoms. The van der Waals surface area contributed by atoms with E-state index in [1.807, 2.05) is 48.5 Å². The Hall–Kier alpha value is -3.35. The Morgan fingerprint density at radius 1 is 0.765 bits per heavy atom. The number of allylic oxidation sites excluding steroid dienone is 3. The summed E-state index contributed by atoms with van der Waals surface area (Å²) in [5.41, 5.74) is 3.86. The number of halogens is 2. The fourth-order valence-electron chi connectivity index (χ4n) is 3.54. The lowest BCUT2D eigenvalue weighted by atomic mass is 10.1. The van der Waals surface area contributed by atoms with E-state index in [-0.39, 0.29) is 5.76 Å². The van der Waals surface area contributed by atoms with Crippen LogP contribution in [0.4, 0.5) is 20.0 Å². The van der Waals surface area contributed by atoms with Crippen molar-refractivity contribution in [3.05, 3.63) is 83.6 Å². The van der Waals surface area contributed by atoms with Crippen molar-refractivity contribution in [3.63, 3.8) is 0 Å². The number of nitrogens with zero attached hydrogens (tertiary/aromatic N) is 2. The van der Waals surface area contributed by atoms with E-state index in [9.17, 15) is 13.4 Å². The summed E-state index contributed by atoms with van der Waals surface area (Å²) in [5.74, 6) is -0.639. The van der Waals surface area contributed by atoms with E-state index in [0.717, 1.165) is 54.8 Å². The van der Waals surface area contributed by atoms with Gasteiger partial charge >= 0.3 is 7.47 Å². The van der Waals surface area contributed by atoms with E-state index in [1.54, 1.807) is 12.2 Å². The fraction of sp³-hybridized carbons (Fsp3) is 0.296. The molecule has 7 heteroatoms. The molecule has 0 saturated carbocycles. The van der Waals surface area contributed by atoms with Gasteiger partial charge in [-0.25, -0.2) is 8.63 Å². The molecule has 34 heavy (non-hydrogen) atoms. The minimum Gasteiger partial charge on any atom is -0.505 e. The third kappa shape index (κ3) is 8.54. The number of hydrogen-bond acceptors (Lipinski definition) is 4. The summed E-state index contributed by atoms with van der Waals surface area (Å²) in [7, 11) is -3.02. The van der Waals surface area contributed by atoms with E-state index in [0.29, 0.717) is 0 Å². The number of ketones is 1. The molecule has 0 atom stereocenters. The van der Waals surface area contributed by atoms with E-state index >= 15 is 0 Å². The average molecular weight is 466 g/mol. The molecule has 0 aliphatic carbocycles. The van der Waals surface area contributed by atoms with E-state index in [4.69, 9.17) is 0 Å². The third-order valence-corrected chi connectivity index (χ3v) is 5.43. The summed E-state index contributed by atoms with van der Waals surface area (Å²) >= 11 is 0. The van der Waals surface area contributed by atoms with Crippen LogP contribution in [0.1, 0.15) is 38.8 Å². The maximum Gasteiger partial charge on any atom is 0.796 e. The van der Waals surface area contributed by atoms with Gasteiger partial charge in [-0.1, -0.05) is 36.4 Å². The van der Waals surface area contributed by atoms with Gasteiger partial charge in [0.2, 0.25) is 0 Å². The first-order valence-electron chi connectivity index (χ1n) is 11.7. The van der Waals surface area contributed by atoms with Crippen molar-refractivity contribution >= 4 is 36.8 Å². The number of carbonyl (C=O) groups is 1. The Kier molecular flexibility index (Phi) is 11.1. The first kappa shape index (κ1) is 26.9. The standard InChI is InChI=1S/C27H33BF2N2O2/c1-5-31(6-2)24-15-9-22(10-16-24)13-19-26(33)21-27(34-28(29)30)20-14-23-11-17-25(18-12-23)32(7-3)8-4/h9-21H,5-8H2,1-4H3/b19-13+,20-14+,27-21-. The second kappa shape index (κ2) is 14.0. The number of hydrogen-bond donors (Lipinski definition) is 0. The van der Waals surface area contributed by atoms with Gasteiger partial charge in [0, 0.05) is 43.6 Å². The minimum atomic E-state index is -3.02. The van der Waals surface area contributed by atoms with Gasteiger partial charge in [0.25, 0.3) is 0 Å². The van der Waals surface area contributed by atoms with Crippen LogP contribution in [-0.4, -0.2) is 39.4 Å². The lowest BCUT2D eigenvalue weighted by molar-refractivity contribution is -0.110. The smallest absolute Gasteiger partial charge is 0.505 e. The zero-order valence-electron chi connectivity index (χ0n) is 20.4. The zero-order chi connectivity index (χ0) is 24.9. The molecule has 2 aromatic rings. The normalized spacial score (nSPS) is 11.8. The maximum atomic E-state index is 12.9. The summed E-state index contributed by atoms with van der Waals surface area (Å²) in [6.45, 7) is 12.0. The monoisotopic (exact) mass is 466 g/mol. The van der Waals surface area contributed by atoms with Gasteiger partial charge in [0.15, 0.2) is 5.78 Å². The molecule has 0 radical (unpaired) electrons. The molecule has 0 spiro atoms. The highest BCUT2D eigenvalue weighted by atomic mass is 19.2. The number of benzene rings is 2. The van der Waals surface area contributed by atoms with Crippen LogP contribution < -0.4 is 9.80 Å². The van der Waals surface area contributed by atoms with Crippen molar-refractivity contribution in [2.75, 3.05) is 36.0 Å². The molecule has 0 aliphatic heterocycles. The van der Waals surface area contributed by atoms with Gasteiger partial charge in [-0.15, -0.1) is 0 Å². The molecule has 0 fully saturated rings. The zero-order valence-corrected chi connectivity index (χ0v) is 20.4. The van der Waals surface area contributed by atoms with Gasteiger partial charge in [-0.3, -0.25) is 4.79 Å². The lowest BCUT2D eigenvalue weighted by Crippen LogP contribution is -2.21.